The molecule has 0 spiro atoms. The number of hydrogen-bond acceptors (Lipinski definition) is 3. The van der Waals surface area contributed by atoms with Gasteiger partial charge in [0.05, 0.1) is 16.5 Å². The van der Waals surface area contributed by atoms with Crippen LogP contribution < -0.4 is 15.4 Å². The Morgan fingerprint density at radius 2 is 1.62 bits per heavy atom. The van der Waals surface area contributed by atoms with Gasteiger partial charge in [-0.2, -0.15) is 26.3 Å². The zero-order chi connectivity index (χ0) is 29.1. The molecule has 2 atom stereocenters. The first-order valence-corrected chi connectivity index (χ1v) is 14.6. The lowest BCUT2D eigenvalue weighted by Crippen LogP contribution is -2.43. The Labute approximate surface area is 229 Å². The quantitative estimate of drug-likeness (QED) is 0.301. The maximum atomic E-state index is 13.2. The fourth-order valence-electron chi connectivity index (χ4n) is 5.49. The number of anilines is 1. The Morgan fingerprint density at radius 3 is 2.30 bits per heavy atom. The summed E-state index contributed by atoms with van der Waals surface area (Å²) in [5.41, 5.74) is 2.15. The van der Waals surface area contributed by atoms with Gasteiger partial charge in [0.2, 0.25) is 10.0 Å². The molecule has 2 aliphatic carbocycles. The van der Waals surface area contributed by atoms with Gasteiger partial charge in [-0.3, -0.25) is 0 Å². The summed E-state index contributed by atoms with van der Waals surface area (Å²) in [6, 6.07) is 9.53. The first-order chi connectivity index (χ1) is 18.7. The number of urea groups is 1. The van der Waals surface area contributed by atoms with E-state index in [0.29, 0.717) is 23.5 Å². The van der Waals surface area contributed by atoms with Gasteiger partial charge < -0.3 is 10.6 Å². The summed E-state index contributed by atoms with van der Waals surface area (Å²) >= 11 is 0. The van der Waals surface area contributed by atoms with Crippen molar-refractivity contribution in [2.45, 2.75) is 80.6 Å². The lowest BCUT2D eigenvalue weighted by atomic mass is 9.85. The van der Waals surface area contributed by atoms with Crippen LogP contribution in [0.25, 0.3) is 11.1 Å². The predicted octanol–water partition coefficient (Wildman–Crippen LogP) is 7.09. The topological polar surface area (TPSA) is 87.3 Å². The third kappa shape index (κ3) is 7.90. The van der Waals surface area contributed by atoms with Crippen LogP contribution in [0, 0.1) is 5.92 Å². The molecule has 2 amide bonds. The highest BCUT2D eigenvalue weighted by Crippen LogP contribution is 2.39. The SMILES string of the molecule is O=C(Nc1cc(S(=O)(=O)NCC(F)(F)F)ccc1-c1cccc(C2CCCC2)c1)NC1CCCC(C(F)(F)F)C1. The van der Waals surface area contributed by atoms with Crippen LogP contribution in [0.5, 0.6) is 0 Å². The first-order valence-electron chi connectivity index (χ1n) is 13.2. The normalized spacial score (nSPS) is 20.9. The Hall–Kier alpha value is -2.80. The second kappa shape index (κ2) is 12.0. The van der Waals surface area contributed by atoms with E-state index in [-0.39, 0.29) is 24.9 Å². The number of nitrogens with one attached hydrogen (secondary N) is 3. The Balaban J connectivity index is 1.62. The van der Waals surface area contributed by atoms with Crippen molar-refractivity contribution >= 4 is 21.7 Å². The molecule has 2 aromatic rings. The van der Waals surface area contributed by atoms with E-state index >= 15 is 0 Å². The monoisotopic (exact) mass is 591 g/mol. The molecular formula is C27H31F6N3O3S. The van der Waals surface area contributed by atoms with E-state index in [1.54, 1.807) is 6.07 Å². The molecule has 3 N–H and O–H groups in total. The lowest BCUT2D eigenvalue weighted by Gasteiger charge is -2.31. The molecule has 0 aromatic heterocycles. The molecule has 4 rings (SSSR count). The third-order valence-corrected chi connectivity index (χ3v) is 8.91. The number of benzene rings is 2. The van der Waals surface area contributed by atoms with Crippen LogP contribution in [0.2, 0.25) is 0 Å². The maximum absolute atomic E-state index is 13.2. The Bertz CT molecular complexity index is 1310. The van der Waals surface area contributed by atoms with E-state index in [2.05, 4.69) is 10.6 Å². The average molecular weight is 592 g/mol. The Kier molecular flexibility index (Phi) is 9.03. The molecule has 0 bridgehead atoms. The van der Waals surface area contributed by atoms with E-state index in [4.69, 9.17) is 0 Å². The van der Waals surface area contributed by atoms with E-state index < -0.39 is 51.8 Å². The van der Waals surface area contributed by atoms with Gasteiger partial charge in [-0.15, -0.1) is 0 Å². The minimum atomic E-state index is -4.77. The molecule has 2 unspecified atom stereocenters. The molecule has 2 fully saturated rings. The summed E-state index contributed by atoms with van der Waals surface area (Å²) in [5, 5.41) is 5.08. The van der Waals surface area contributed by atoms with Crippen LogP contribution in [-0.4, -0.2) is 39.4 Å². The van der Waals surface area contributed by atoms with E-state index in [1.807, 2.05) is 18.2 Å². The standard InChI is InChI=1S/C27H31F6N3O3S/c28-26(29,30)16-34-40(38,39)22-11-12-23(19-8-3-7-18(13-19)17-5-1-2-6-17)24(15-22)36-25(37)35-21-10-4-9-20(14-21)27(31,32)33/h3,7-8,11-13,15,17,20-21,34H,1-2,4-6,9-10,14,16H2,(H2,35,36,37). The van der Waals surface area contributed by atoms with Crippen LogP contribution in [0.4, 0.5) is 36.8 Å². The smallest absolute Gasteiger partial charge is 0.335 e. The molecule has 0 saturated heterocycles. The van der Waals surface area contributed by atoms with Crippen molar-refractivity contribution in [2.24, 2.45) is 5.92 Å². The number of carbonyl (C=O) groups excluding carboxylic acids is 1. The summed E-state index contributed by atoms with van der Waals surface area (Å²) in [6.45, 7) is -1.77. The van der Waals surface area contributed by atoms with Crippen LogP contribution >= 0.6 is 0 Å². The molecule has 2 saturated carbocycles. The molecule has 40 heavy (non-hydrogen) atoms. The van der Waals surface area contributed by atoms with Gasteiger partial charge >= 0.3 is 18.4 Å². The van der Waals surface area contributed by atoms with E-state index in [0.717, 1.165) is 43.4 Å². The minimum absolute atomic E-state index is 0.000800. The zero-order valence-electron chi connectivity index (χ0n) is 21.5. The third-order valence-electron chi connectivity index (χ3n) is 7.51. The fourth-order valence-corrected chi connectivity index (χ4v) is 6.53. The second-order valence-electron chi connectivity index (χ2n) is 10.5. The van der Waals surface area contributed by atoms with Crippen LogP contribution in [0.15, 0.2) is 47.4 Å². The van der Waals surface area contributed by atoms with E-state index in [1.165, 1.54) is 10.8 Å². The molecule has 6 nitrogen and oxygen atoms in total. The molecule has 13 heteroatoms. The number of hydrogen-bond donors (Lipinski definition) is 3. The number of rotatable bonds is 7. The van der Waals surface area contributed by atoms with Gasteiger partial charge in [0.1, 0.15) is 6.54 Å². The molecule has 2 aromatic carbocycles. The van der Waals surface area contributed by atoms with E-state index in [9.17, 15) is 39.6 Å². The summed E-state index contributed by atoms with van der Waals surface area (Å²) in [5.74, 6) is -1.17. The summed E-state index contributed by atoms with van der Waals surface area (Å²) in [4.78, 5) is 12.4. The van der Waals surface area contributed by atoms with Crippen molar-refractivity contribution in [3.05, 3.63) is 48.0 Å². The molecule has 0 heterocycles. The highest BCUT2D eigenvalue weighted by atomic mass is 32.2. The van der Waals surface area contributed by atoms with Gasteiger partial charge in [0.15, 0.2) is 0 Å². The van der Waals surface area contributed by atoms with Crippen LogP contribution in [0.1, 0.15) is 62.8 Å². The van der Waals surface area contributed by atoms with Crippen molar-refractivity contribution in [2.75, 3.05) is 11.9 Å². The lowest BCUT2D eigenvalue weighted by molar-refractivity contribution is -0.183. The van der Waals surface area contributed by atoms with Crippen molar-refractivity contribution in [3.63, 3.8) is 0 Å². The maximum Gasteiger partial charge on any atom is 0.402 e. The average Bonchev–Trinajstić information content (AvgIpc) is 3.42. The molecule has 2 aliphatic rings. The molecular weight excluding hydrogens is 560 g/mol. The summed E-state index contributed by atoms with van der Waals surface area (Å²) in [7, 11) is -4.59. The van der Waals surface area contributed by atoms with Gasteiger partial charge in [-0.25, -0.2) is 17.9 Å². The summed E-state index contributed by atoms with van der Waals surface area (Å²) < 4.78 is 104. The zero-order valence-corrected chi connectivity index (χ0v) is 22.4. The predicted molar refractivity (Wildman–Crippen MR) is 138 cm³/mol. The van der Waals surface area contributed by atoms with Crippen molar-refractivity contribution in [1.82, 2.24) is 10.0 Å². The minimum Gasteiger partial charge on any atom is -0.335 e. The fraction of sp³-hybridized carbons (Fsp3) is 0.519. The molecule has 0 radical (unpaired) electrons. The van der Waals surface area contributed by atoms with Gasteiger partial charge in [-0.05, 0) is 61.3 Å². The van der Waals surface area contributed by atoms with Crippen LogP contribution in [0.3, 0.4) is 0 Å². The number of alkyl halides is 6. The van der Waals surface area contributed by atoms with Gasteiger partial charge in [0, 0.05) is 11.6 Å². The largest absolute Gasteiger partial charge is 0.402 e. The number of sulfonamides is 1. The molecule has 220 valence electrons. The van der Waals surface area contributed by atoms with Crippen molar-refractivity contribution < 1.29 is 39.6 Å². The highest BCUT2D eigenvalue weighted by molar-refractivity contribution is 7.89. The highest BCUT2D eigenvalue weighted by Gasteiger charge is 2.42. The van der Waals surface area contributed by atoms with Crippen LogP contribution in [-0.2, 0) is 10.0 Å². The molecule has 0 aliphatic heterocycles. The van der Waals surface area contributed by atoms with Gasteiger partial charge in [-0.1, -0.05) is 49.6 Å². The number of carbonyl (C=O) groups is 1. The Morgan fingerprint density at radius 1 is 0.900 bits per heavy atom. The number of halogens is 6. The summed E-state index contributed by atoms with van der Waals surface area (Å²) in [6.07, 6.45) is -4.54. The van der Waals surface area contributed by atoms with Crippen molar-refractivity contribution in [1.29, 1.82) is 0 Å². The van der Waals surface area contributed by atoms with Crippen molar-refractivity contribution in [3.8, 4) is 11.1 Å². The second-order valence-corrected chi connectivity index (χ2v) is 12.2. The number of amides is 2. The first kappa shape index (κ1) is 30.2. The van der Waals surface area contributed by atoms with Gasteiger partial charge in [0.25, 0.3) is 0 Å².